The van der Waals surface area contributed by atoms with Crippen LogP contribution < -0.4 is 4.74 Å². The lowest BCUT2D eigenvalue weighted by Gasteiger charge is -2.35. The first-order valence-electron chi connectivity index (χ1n) is 9.39. The summed E-state index contributed by atoms with van der Waals surface area (Å²) in [6.45, 7) is 2.92. The lowest BCUT2D eigenvalue weighted by Crippen LogP contribution is -2.39. The Morgan fingerprint density at radius 1 is 1.31 bits per heavy atom. The highest BCUT2D eigenvalue weighted by Gasteiger charge is 2.28. The van der Waals surface area contributed by atoms with E-state index in [1.807, 2.05) is 23.3 Å². The second kappa shape index (κ2) is 8.51. The molecule has 1 unspecified atom stereocenters. The Labute approximate surface area is 177 Å². The summed E-state index contributed by atoms with van der Waals surface area (Å²) >= 11 is 7.34. The van der Waals surface area contributed by atoms with Crippen LogP contribution in [-0.2, 0) is 24.2 Å². The molecule has 1 aromatic heterocycles. The van der Waals surface area contributed by atoms with Crippen LogP contribution in [0.15, 0.2) is 47.8 Å². The molecule has 0 N–H and O–H groups in total. The topological polar surface area (TPSA) is 42.4 Å². The number of carbonyl (C=O) groups excluding carboxylic acids is 1. The number of ether oxygens (including phenoxy) is 1. The maximum atomic E-state index is 13.6. The standard InChI is InChI=1S/C22H20ClFN2O2S/c1-14-20-10-17(24)5-2-15(20)8-9-26(14)22(27)11-18-13-29-21(25-18)12-28-19-6-3-16(23)4-7-19/h2-7,10,13-14H,8-9,11-12H2,1H3. The van der Waals surface area contributed by atoms with E-state index in [2.05, 4.69) is 4.98 Å². The molecular weight excluding hydrogens is 411 g/mol. The number of amides is 1. The van der Waals surface area contributed by atoms with Crippen LogP contribution >= 0.6 is 22.9 Å². The molecule has 1 aliphatic rings. The fourth-order valence-electron chi connectivity index (χ4n) is 3.55. The van der Waals surface area contributed by atoms with E-state index in [1.165, 1.54) is 23.5 Å². The van der Waals surface area contributed by atoms with Gasteiger partial charge in [0.2, 0.25) is 5.91 Å². The Hall–Kier alpha value is -2.44. The van der Waals surface area contributed by atoms with Gasteiger partial charge in [0.05, 0.1) is 18.2 Å². The Morgan fingerprint density at radius 3 is 2.90 bits per heavy atom. The van der Waals surface area contributed by atoms with Crippen LogP contribution in [0.4, 0.5) is 4.39 Å². The summed E-state index contributed by atoms with van der Waals surface area (Å²) in [5.41, 5.74) is 2.73. The molecule has 7 heteroatoms. The third-order valence-electron chi connectivity index (χ3n) is 5.08. The van der Waals surface area contributed by atoms with Gasteiger partial charge in [-0.15, -0.1) is 11.3 Å². The number of halogens is 2. The van der Waals surface area contributed by atoms with Gasteiger partial charge in [0.15, 0.2) is 0 Å². The molecule has 0 saturated carbocycles. The number of thiazole rings is 1. The van der Waals surface area contributed by atoms with Crippen LogP contribution in [0.3, 0.4) is 0 Å². The van der Waals surface area contributed by atoms with Crippen molar-refractivity contribution in [2.75, 3.05) is 6.54 Å². The van der Waals surface area contributed by atoms with Crippen molar-refractivity contribution < 1.29 is 13.9 Å². The molecular formula is C22H20ClFN2O2S. The quantitative estimate of drug-likeness (QED) is 0.558. The number of benzene rings is 2. The molecule has 0 radical (unpaired) electrons. The second-order valence-corrected chi connectivity index (χ2v) is 8.39. The van der Waals surface area contributed by atoms with E-state index in [-0.39, 0.29) is 24.2 Å². The van der Waals surface area contributed by atoms with Gasteiger partial charge < -0.3 is 9.64 Å². The highest BCUT2D eigenvalue weighted by atomic mass is 35.5. The largest absolute Gasteiger partial charge is 0.486 e. The van der Waals surface area contributed by atoms with E-state index >= 15 is 0 Å². The van der Waals surface area contributed by atoms with Crippen molar-refractivity contribution in [1.29, 1.82) is 0 Å². The maximum Gasteiger partial charge on any atom is 0.229 e. The van der Waals surface area contributed by atoms with Crippen molar-refractivity contribution in [3.05, 3.63) is 80.5 Å². The monoisotopic (exact) mass is 430 g/mol. The lowest BCUT2D eigenvalue weighted by atomic mass is 9.93. The van der Waals surface area contributed by atoms with Gasteiger partial charge in [-0.1, -0.05) is 17.7 Å². The van der Waals surface area contributed by atoms with E-state index in [0.717, 1.165) is 34.0 Å². The van der Waals surface area contributed by atoms with E-state index in [0.29, 0.717) is 18.2 Å². The van der Waals surface area contributed by atoms with E-state index < -0.39 is 0 Å². The van der Waals surface area contributed by atoms with Gasteiger partial charge in [0.1, 0.15) is 23.2 Å². The number of hydrogen-bond acceptors (Lipinski definition) is 4. The molecule has 0 aliphatic carbocycles. The van der Waals surface area contributed by atoms with Crippen LogP contribution in [-0.4, -0.2) is 22.3 Å². The van der Waals surface area contributed by atoms with Crippen LogP contribution in [0, 0.1) is 5.82 Å². The van der Waals surface area contributed by atoms with Crippen molar-refractivity contribution >= 4 is 28.8 Å². The van der Waals surface area contributed by atoms with Gasteiger partial charge in [0.25, 0.3) is 0 Å². The van der Waals surface area contributed by atoms with Crippen LogP contribution in [0.5, 0.6) is 5.75 Å². The summed E-state index contributed by atoms with van der Waals surface area (Å²) in [5.74, 6) is 0.452. The summed E-state index contributed by atoms with van der Waals surface area (Å²) in [4.78, 5) is 19.2. The average molecular weight is 431 g/mol. The summed E-state index contributed by atoms with van der Waals surface area (Å²) < 4.78 is 19.3. The molecule has 150 valence electrons. The van der Waals surface area contributed by atoms with E-state index in [9.17, 15) is 9.18 Å². The minimum absolute atomic E-state index is 0.00267. The first-order valence-corrected chi connectivity index (χ1v) is 10.6. The van der Waals surface area contributed by atoms with Gasteiger partial charge in [-0.3, -0.25) is 4.79 Å². The summed E-state index contributed by atoms with van der Waals surface area (Å²) in [6, 6.07) is 11.8. The molecule has 1 aliphatic heterocycles. The van der Waals surface area contributed by atoms with Crippen molar-refractivity contribution in [1.82, 2.24) is 9.88 Å². The molecule has 0 saturated heterocycles. The molecule has 1 amide bonds. The highest BCUT2D eigenvalue weighted by molar-refractivity contribution is 7.09. The molecule has 2 aromatic carbocycles. The predicted molar refractivity (Wildman–Crippen MR) is 112 cm³/mol. The van der Waals surface area contributed by atoms with E-state index in [1.54, 1.807) is 24.3 Å². The van der Waals surface area contributed by atoms with Gasteiger partial charge in [-0.25, -0.2) is 9.37 Å². The average Bonchev–Trinajstić information content (AvgIpc) is 3.15. The number of carbonyl (C=O) groups is 1. The fourth-order valence-corrected chi connectivity index (χ4v) is 4.39. The van der Waals surface area contributed by atoms with Crippen LogP contribution in [0.25, 0.3) is 0 Å². The molecule has 2 heterocycles. The molecule has 0 spiro atoms. The van der Waals surface area contributed by atoms with Gasteiger partial charge in [-0.2, -0.15) is 0 Å². The number of hydrogen-bond donors (Lipinski definition) is 0. The number of aromatic nitrogens is 1. The third kappa shape index (κ3) is 4.60. The van der Waals surface area contributed by atoms with Crippen molar-refractivity contribution in [2.45, 2.75) is 32.4 Å². The minimum atomic E-state index is -0.269. The molecule has 1 atom stereocenters. The molecule has 4 rings (SSSR count). The van der Waals surface area contributed by atoms with E-state index in [4.69, 9.17) is 16.3 Å². The molecule has 0 fully saturated rings. The van der Waals surface area contributed by atoms with Crippen LogP contribution in [0.2, 0.25) is 5.02 Å². The normalized spacial score (nSPS) is 15.8. The molecule has 3 aromatic rings. The molecule has 0 bridgehead atoms. The van der Waals surface area contributed by atoms with Crippen molar-refractivity contribution in [3.8, 4) is 5.75 Å². The maximum absolute atomic E-state index is 13.6. The SMILES string of the molecule is CC1c2cc(F)ccc2CCN1C(=O)Cc1csc(COc2ccc(Cl)cc2)n1. The minimum Gasteiger partial charge on any atom is -0.486 e. The first kappa shape index (κ1) is 19.9. The van der Waals surface area contributed by atoms with Crippen molar-refractivity contribution in [2.24, 2.45) is 0 Å². The first-order chi connectivity index (χ1) is 14.0. The zero-order valence-corrected chi connectivity index (χ0v) is 17.5. The predicted octanol–water partition coefficient (Wildman–Crippen LogP) is 5.20. The Kier molecular flexibility index (Phi) is 5.83. The Balaban J connectivity index is 1.37. The van der Waals surface area contributed by atoms with Crippen LogP contribution in [0.1, 0.15) is 34.8 Å². The highest BCUT2D eigenvalue weighted by Crippen LogP contribution is 2.30. The molecule has 29 heavy (non-hydrogen) atoms. The molecule has 4 nitrogen and oxygen atoms in total. The lowest BCUT2D eigenvalue weighted by molar-refractivity contribution is -0.133. The Bertz CT molecular complexity index is 1020. The van der Waals surface area contributed by atoms with Gasteiger partial charge in [-0.05, 0) is 60.9 Å². The van der Waals surface area contributed by atoms with Gasteiger partial charge >= 0.3 is 0 Å². The summed E-state index contributed by atoms with van der Waals surface area (Å²) in [6.07, 6.45) is 0.968. The van der Waals surface area contributed by atoms with Crippen molar-refractivity contribution in [3.63, 3.8) is 0 Å². The third-order valence-corrected chi connectivity index (χ3v) is 6.20. The summed E-state index contributed by atoms with van der Waals surface area (Å²) in [5, 5.41) is 3.35. The summed E-state index contributed by atoms with van der Waals surface area (Å²) in [7, 11) is 0. The second-order valence-electron chi connectivity index (χ2n) is 7.01. The number of rotatable bonds is 5. The number of fused-ring (bicyclic) bond motifs is 1. The Morgan fingerprint density at radius 2 is 2.10 bits per heavy atom. The fraction of sp³-hybridized carbons (Fsp3) is 0.273. The number of nitrogens with zero attached hydrogens (tertiary/aromatic N) is 2. The zero-order chi connectivity index (χ0) is 20.4. The van der Waals surface area contributed by atoms with Gasteiger partial charge in [0, 0.05) is 16.9 Å². The smallest absolute Gasteiger partial charge is 0.229 e. The zero-order valence-electron chi connectivity index (χ0n) is 15.9.